The molecule has 0 radical (unpaired) electrons. The Morgan fingerprint density at radius 3 is 2.50 bits per heavy atom. The smallest absolute Gasteiger partial charge is 0.239 e. The predicted molar refractivity (Wildman–Crippen MR) is 87.8 cm³/mol. The molecule has 0 atom stereocenters. The zero-order valence-electron chi connectivity index (χ0n) is 13.1. The Morgan fingerprint density at radius 1 is 1.36 bits per heavy atom. The Kier molecular flexibility index (Phi) is 6.80. The molecule has 0 aromatic heterocycles. The number of ether oxygens (including phenoxy) is 1. The number of carbonyl (C=O) groups excluding carboxylic acids is 1. The standard InChI is InChI=1S/C14H21ClN2O4S/c1-10-7-11(2)14(12(15)8-10)16-13(18)9-17(5-6-21-3)22(4,19)20/h7-8H,5-6,9H2,1-4H3,(H,16,18). The first kappa shape index (κ1) is 18.9. The van der Waals surface area contributed by atoms with E-state index in [2.05, 4.69) is 5.32 Å². The van der Waals surface area contributed by atoms with Crippen LogP contribution >= 0.6 is 11.6 Å². The fourth-order valence-corrected chi connectivity index (χ4v) is 3.09. The van der Waals surface area contributed by atoms with Gasteiger partial charge in [0.15, 0.2) is 0 Å². The third kappa shape index (κ3) is 5.57. The molecule has 0 fully saturated rings. The van der Waals surface area contributed by atoms with E-state index in [1.807, 2.05) is 19.9 Å². The first-order chi connectivity index (χ1) is 10.1. The molecule has 22 heavy (non-hydrogen) atoms. The number of aryl methyl sites for hydroxylation is 2. The number of halogens is 1. The second-order valence-electron chi connectivity index (χ2n) is 5.08. The highest BCUT2D eigenvalue weighted by atomic mass is 35.5. The summed E-state index contributed by atoms with van der Waals surface area (Å²) < 4.78 is 29.3. The number of hydrogen-bond donors (Lipinski definition) is 1. The fraction of sp³-hybridized carbons (Fsp3) is 0.500. The molecule has 1 amide bonds. The van der Waals surface area contributed by atoms with Gasteiger partial charge in [0.2, 0.25) is 15.9 Å². The van der Waals surface area contributed by atoms with Crippen LogP contribution in [-0.4, -0.2) is 51.7 Å². The Bertz CT molecular complexity index is 623. The lowest BCUT2D eigenvalue weighted by Crippen LogP contribution is -2.39. The molecule has 0 bridgehead atoms. The SMILES string of the molecule is COCCN(CC(=O)Nc1c(C)cc(C)cc1Cl)S(C)(=O)=O. The van der Waals surface area contributed by atoms with Gasteiger partial charge >= 0.3 is 0 Å². The summed E-state index contributed by atoms with van der Waals surface area (Å²) in [4.78, 5) is 12.1. The lowest BCUT2D eigenvalue weighted by Gasteiger charge is -2.19. The largest absolute Gasteiger partial charge is 0.383 e. The summed E-state index contributed by atoms with van der Waals surface area (Å²) in [6.45, 7) is 3.77. The van der Waals surface area contributed by atoms with Gasteiger partial charge in [0.1, 0.15) is 0 Å². The molecule has 0 unspecified atom stereocenters. The Labute approximate surface area is 136 Å². The molecular formula is C14H21ClN2O4S. The van der Waals surface area contributed by atoms with Crippen LogP contribution in [0.25, 0.3) is 0 Å². The second-order valence-corrected chi connectivity index (χ2v) is 7.47. The Balaban J connectivity index is 2.84. The number of hydrogen-bond acceptors (Lipinski definition) is 4. The molecule has 1 aromatic carbocycles. The number of nitrogens with one attached hydrogen (secondary N) is 1. The number of nitrogens with zero attached hydrogens (tertiary/aromatic N) is 1. The van der Waals surface area contributed by atoms with Gasteiger partial charge in [-0.15, -0.1) is 0 Å². The van der Waals surface area contributed by atoms with Gasteiger partial charge in [0, 0.05) is 13.7 Å². The first-order valence-corrected chi connectivity index (χ1v) is 8.88. The molecule has 1 N–H and O–H groups in total. The molecule has 0 aliphatic heterocycles. The van der Waals surface area contributed by atoms with Crippen molar-refractivity contribution in [3.63, 3.8) is 0 Å². The first-order valence-electron chi connectivity index (χ1n) is 6.65. The maximum absolute atomic E-state index is 12.1. The van der Waals surface area contributed by atoms with Crippen LogP contribution in [0.2, 0.25) is 5.02 Å². The van der Waals surface area contributed by atoms with E-state index in [4.69, 9.17) is 16.3 Å². The number of methoxy groups -OCH3 is 1. The number of sulfonamides is 1. The summed E-state index contributed by atoms with van der Waals surface area (Å²) in [5.74, 6) is -0.449. The highest BCUT2D eigenvalue weighted by molar-refractivity contribution is 7.88. The van der Waals surface area contributed by atoms with E-state index in [-0.39, 0.29) is 19.7 Å². The minimum Gasteiger partial charge on any atom is -0.383 e. The third-order valence-electron chi connectivity index (χ3n) is 3.03. The molecule has 0 aliphatic carbocycles. The van der Waals surface area contributed by atoms with Crippen molar-refractivity contribution in [2.75, 3.05) is 38.4 Å². The van der Waals surface area contributed by atoms with Gasteiger partial charge in [-0.1, -0.05) is 17.7 Å². The van der Waals surface area contributed by atoms with Crippen LogP contribution in [0.3, 0.4) is 0 Å². The quantitative estimate of drug-likeness (QED) is 0.815. The summed E-state index contributed by atoms with van der Waals surface area (Å²) in [6.07, 6.45) is 1.06. The van der Waals surface area contributed by atoms with Crippen molar-refractivity contribution in [1.29, 1.82) is 0 Å². The van der Waals surface area contributed by atoms with Crippen LogP contribution in [0.1, 0.15) is 11.1 Å². The van der Waals surface area contributed by atoms with Crippen molar-refractivity contribution in [2.24, 2.45) is 0 Å². The molecule has 0 heterocycles. The number of rotatable bonds is 7. The lowest BCUT2D eigenvalue weighted by molar-refractivity contribution is -0.116. The van der Waals surface area contributed by atoms with Crippen molar-refractivity contribution in [3.05, 3.63) is 28.3 Å². The zero-order chi connectivity index (χ0) is 16.9. The van der Waals surface area contributed by atoms with Gasteiger partial charge in [-0.2, -0.15) is 4.31 Å². The van der Waals surface area contributed by atoms with E-state index in [0.717, 1.165) is 21.7 Å². The molecule has 124 valence electrons. The van der Waals surface area contributed by atoms with Crippen molar-refractivity contribution >= 4 is 33.2 Å². The molecular weight excluding hydrogens is 328 g/mol. The summed E-state index contributed by atoms with van der Waals surface area (Å²) >= 11 is 6.12. The zero-order valence-corrected chi connectivity index (χ0v) is 14.7. The number of benzene rings is 1. The Hall–Kier alpha value is -1.15. The van der Waals surface area contributed by atoms with Crippen molar-refractivity contribution in [2.45, 2.75) is 13.8 Å². The van der Waals surface area contributed by atoms with Gasteiger partial charge in [0.05, 0.1) is 30.1 Å². The summed E-state index contributed by atoms with van der Waals surface area (Å²) in [7, 11) is -2.02. The molecule has 1 aromatic rings. The summed E-state index contributed by atoms with van der Waals surface area (Å²) in [5.41, 5.74) is 2.30. The summed E-state index contributed by atoms with van der Waals surface area (Å²) in [6, 6.07) is 3.63. The minimum atomic E-state index is -3.49. The van der Waals surface area contributed by atoms with Gasteiger partial charge in [-0.05, 0) is 31.0 Å². The van der Waals surface area contributed by atoms with E-state index in [0.29, 0.717) is 10.7 Å². The van der Waals surface area contributed by atoms with Crippen LogP contribution in [0.4, 0.5) is 5.69 Å². The average molecular weight is 349 g/mol. The fourth-order valence-electron chi connectivity index (χ4n) is 1.97. The van der Waals surface area contributed by atoms with Crippen LogP contribution in [0.15, 0.2) is 12.1 Å². The lowest BCUT2D eigenvalue weighted by atomic mass is 10.1. The molecule has 8 heteroatoms. The van der Waals surface area contributed by atoms with Gasteiger partial charge in [-0.25, -0.2) is 8.42 Å². The van der Waals surface area contributed by atoms with E-state index in [1.54, 1.807) is 6.07 Å². The van der Waals surface area contributed by atoms with Crippen molar-refractivity contribution < 1.29 is 17.9 Å². The number of carbonyl (C=O) groups is 1. The van der Waals surface area contributed by atoms with E-state index in [9.17, 15) is 13.2 Å². The van der Waals surface area contributed by atoms with Crippen LogP contribution in [0, 0.1) is 13.8 Å². The number of amides is 1. The van der Waals surface area contributed by atoms with E-state index in [1.165, 1.54) is 7.11 Å². The predicted octanol–water partition coefficient (Wildman–Crippen LogP) is 1.80. The molecule has 0 spiro atoms. The average Bonchev–Trinajstić information content (AvgIpc) is 2.37. The molecule has 0 saturated heterocycles. The topological polar surface area (TPSA) is 75.7 Å². The Morgan fingerprint density at radius 2 is 2.00 bits per heavy atom. The highest BCUT2D eigenvalue weighted by Crippen LogP contribution is 2.27. The molecule has 0 aliphatic rings. The van der Waals surface area contributed by atoms with Crippen molar-refractivity contribution in [1.82, 2.24) is 4.31 Å². The van der Waals surface area contributed by atoms with Crippen molar-refractivity contribution in [3.8, 4) is 0 Å². The number of anilines is 1. The van der Waals surface area contributed by atoms with Crippen LogP contribution in [0.5, 0.6) is 0 Å². The molecule has 1 rings (SSSR count). The van der Waals surface area contributed by atoms with Gasteiger partial charge in [-0.3, -0.25) is 4.79 Å². The van der Waals surface area contributed by atoms with E-state index >= 15 is 0 Å². The molecule has 0 saturated carbocycles. The second kappa shape index (κ2) is 7.92. The van der Waals surface area contributed by atoms with E-state index < -0.39 is 15.9 Å². The monoisotopic (exact) mass is 348 g/mol. The van der Waals surface area contributed by atoms with Crippen LogP contribution in [-0.2, 0) is 19.6 Å². The highest BCUT2D eigenvalue weighted by Gasteiger charge is 2.20. The molecule has 6 nitrogen and oxygen atoms in total. The normalized spacial score (nSPS) is 11.7. The minimum absolute atomic E-state index is 0.114. The third-order valence-corrected chi connectivity index (χ3v) is 4.58. The summed E-state index contributed by atoms with van der Waals surface area (Å²) in [5, 5.41) is 3.09. The maximum Gasteiger partial charge on any atom is 0.239 e. The maximum atomic E-state index is 12.1. The van der Waals surface area contributed by atoms with Crippen LogP contribution < -0.4 is 5.32 Å². The van der Waals surface area contributed by atoms with Gasteiger partial charge < -0.3 is 10.1 Å². The van der Waals surface area contributed by atoms with Gasteiger partial charge in [0.25, 0.3) is 0 Å².